The first-order valence-corrected chi connectivity index (χ1v) is 12.5. The molecule has 0 bridgehead atoms. The van der Waals surface area contributed by atoms with E-state index < -0.39 is 0 Å². The van der Waals surface area contributed by atoms with Gasteiger partial charge in [0.05, 0.1) is 18.2 Å². The number of carbonyl (C=O) groups excluding carboxylic acids is 2. The molecule has 1 aromatic heterocycles. The molecule has 3 heterocycles. The lowest BCUT2D eigenvalue weighted by atomic mass is 9.90. The van der Waals surface area contributed by atoms with Crippen LogP contribution in [0.5, 0.6) is 5.75 Å². The van der Waals surface area contributed by atoms with E-state index >= 15 is 0 Å². The Hall–Kier alpha value is -2.29. The standard InChI is InChI=1S/C24H30Cl2N4O4/c1-2-8-30-16-20(26)23(27-30)24(32)29-9-7-21(34-19-5-3-18(25)4-6-19)17(15-29)14-22(31)28-10-12-33-13-11-28/h3-6,16-17,21H,2,7-15H2,1H3/t17-,21-/m0/s1. The number of likely N-dealkylation sites (tertiary alicyclic amines) is 1. The number of morpholine rings is 1. The molecule has 8 nitrogen and oxygen atoms in total. The lowest BCUT2D eigenvalue weighted by Crippen LogP contribution is -2.50. The number of halogens is 2. The van der Waals surface area contributed by atoms with Crippen LogP contribution in [-0.2, 0) is 16.1 Å². The number of nitrogens with zero attached hydrogens (tertiary/aromatic N) is 4. The van der Waals surface area contributed by atoms with Crippen molar-refractivity contribution in [3.63, 3.8) is 0 Å². The average molecular weight is 509 g/mol. The van der Waals surface area contributed by atoms with Gasteiger partial charge in [0.25, 0.3) is 5.91 Å². The molecule has 2 amide bonds. The highest BCUT2D eigenvalue weighted by molar-refractivity contribution is 6.33. The second-order valence-electron chi connectivity index (χ2n) is 8.70. The molecule has 10 heteroatoms. The summed E-state index contributed by atoms with van der Waals surface area (Å²) in [5.41, 5.74) is 0.255. The molecule has 1 aromatic carbocycles. The predicted molar refractivity (Wildman–Crippen MR) is 129 cm³/mol. The Bertz CT molecular complexity index is 991. The summed E-state index contributed by atoms with van der Waals surface area (Å²) in [7, 11) is 0. The van der Waals surface area contributed by atoms with E-state index in [-0.39, 0.29) is 29.5 Å². The zero-order valence-electron chi connectivity index (χ0n) is 19.3. The molecule has 2 atom stereocenters. The highest BCUT2D eigenvalue weighted by Crippen LogP contribution is 2.29. The number of benzene rings is 1. The molecule has 2 aliphatic rings. The van der Waals surface area contributed by atoms with Crippen LogP contribution in [-0.4, -0.2) is 76.9 Å². The maximum Gasteiger partial charge on any atom is 0.275 e. The first-order chi connectivity index (χ1) is 16.4. The molecule has 2 aromatic rings. The molecule has 0 radical (unpaired) electrons. The molecular weight excluding hydrogens is 479 g/mol. The summed E-state index contributed by atoms with van der Waals surface area (Å²) in [5.74, 6) is 0.366. The van der Waals surface area contributed by atoms with Crippen LogP contribution in [0.4, 0.5) is 0 Å². The Labute approximate surface area is 209 Å². The van der Waals surface area contributed by atoms with Gasteiger partial charge in [-0.2, -0.15) is 5.10 Å². The minimum absolute atomic E-state index is 0.0533. The molecule has 2 saturated heterocycles. The Morgan fingerprint density at radius 3 is 2.56 bits per heavy atom. The number of rotatable bonds is 7. The van der Waals surface area contributed by atoms with E-state index in [0.717, 1.165) is 6.42 Å². The van der Waals surface area contributed by atoms with Crippen molar-refractivity contribution in [1.29, 1.82) is 0 Å². The molecular formula is C24H30Cl2N4O4. The van der Waals surface area contributed by atoms with Crippen LogP contribution >= 0.6 is 23.2 Å². The summed E-state index contributed by atoms with van der Waals surface area (Å²) in [4.78, 5) is 29.9. The van der Waals surface area contributed by atoms with Gasteiger partial charge in [-0.25, -0.2) is 0 Å². The number of aryl methyl sites for hydroxylation is 1. The fraction of sp³-hybridized carbons (Fsp3) is 0.542. The van der Waals surface area contributed by atoms with Gasteiger partial charge in [-0.15, -0.1) is 0 Å². The van der Waals surface area contributed by atoms with Crippen LogP contribution in [0.1, 0.15) is 36.7 Å². The molecule has 34 heavy (non-hydrogen) atoms. The van der Waals surface area contributed by atoms with Gasteiger partial charge >= 0.3 is 0 Å². The third-order valence-corrected chi connectivity index (χ3v) is 6.75. The summed E-state index contributed by atoms with van der Waals surface area (Å²) < 4.78 is 13.3. The zero-order valence-corrected chi connectivity index (χ0v) is 20.8. The second-order valence-corrected chi connectivity index (χ2v) is 9.54. The number of ether oxygens (including phenoxy) is 2. The Morgan fingerprint density at radius 2 is 1.85 bits per heavy atom. The van der Waals surface area contributed by atoms with Gasteiger partial charge in [-0.1, -0.05) is 30.1 Å². The fourth-order valence-electron chi connectivity index (χ4n) is 4.44. The molecule has 0 spiro atoms. The van der Waals surface area contributed by atoms with Crippen LogP contribution in [0, 0.1) is 5.92 Å². The quantitative estimate of drug-likeness (QED) is 0.568. The number of hydrogen-bond donors (Lipinski definition) is 0. The van der Waals surface area contributed by atoms with Gasteiger partial charge in [0, 0.05) is 62.7 Å². The average Bonchev–Trinajstić information content (AvgIpc) is 3.21. The van der Waals surface area contributed by atoms with Gasteiger partial charge in [0.15, 0.2) is 5.69 Å². The van der Waals surface area contributed by atoms with E-state index in [9.17, 15) is 9.59 Å². The maximum absolute atomic E-state index is 13.3. The van der Waals surface area contributed by atoms with Gasteiger partial charge in [-0.3, -0.25) is 14.3 Å². The molecule has 2 aliphatic heterocycles. The SMILES string of the molecule is CCCn1cc(Cl)c(C(=O)N2CC[C@H](Oc3ccc(Cl)cc3)[C@@H](CC(=O)N3CCOCC3)C2)n1. The smallest absolute Gasteiger partial charge is 0.275 e. The Balaban J connectivity index is 1.49. The van der Waals surface area contributed by atoms with Crippen molar-refractivity contribution in [3.05, 3.63) is 46.2 Å². The molecule has 184 valence electrons. The van der Waals surface area contributed by atoms with E-state index in [4.69, 9.17) is 32.7 Å². The van der Waals surface area contributed by atoms with Gasteiger partial charge in [0.2, 0.25) is 5.91 Å². The summed E-state index contributed by atoms with van der Waals surface area (Å²) in [6.45, 7) is 5.89. The van der Waals surface area contributed by atoms with E-state index in [2.05, 4.69) is 5.10 Å². The zero-order chi connectivity index (χ0) is 24.1. The molecule has 4 rings (SSSR count). The van der Waals surface area contributed by atoms with Crippen LogP contribution in [0.3, 0.4) is 0 Å². The highest BCUT2D eigenvalue weighted by Gasteiger charge is 2.37. The normalized spacial score (nSPS) is 20.9. The minimum Gasteiger partial charge on any atom is -0.490 e. The summed E-state index contributed by atoms with van der Waals surface area (Å²) >= 11 is 12.3. The Kier molecular flexibility index (Phi) is 8.34. The van der Waals surface area contributed by atoms with Crippen molar-refractivity contribution in [2.24, 2.45) is 5.92 Å². The van der Waals surface area contributed by atoms with Crippen molar-refractivity contribution in [3.8, 4) is 5.75 Å². The lowest BCUT2D eigenvalue weighted by molar-refractivity contribution is -0.137. The first kappa shape index (κ1) is 24.8. The topological polar surface area (TPSA) is 76.9 Å². The van der Waals surface area contributed by atoms with Crippen molar-refractivity contribution in [2.75, 3.05) is 39.4 Å². The Morgan fingerprint density at radius 1 is 1.12 bits per heavy atom. The fourth-order valence-corrected chi connectivity index (χ4v) is 4.79. The minimum atomic E-state index is -0.214. The largest absolute Gasteiger partial charge is 0.490 e. The van der Waals surface area contributed by atoms with Crippen molar-refractivity contribution < 1.29 is 19.1 Å². The molecule has 0 unspecified atom stereocenters. The monoisotopic (exact) mass is 508 g/mol. The van der Waals surface area contributed by atoms with E-state index in [1.165, 1.54) is 0 Å². The van der Waals surface area contributed by atoms with Gasteiger partial charge < -0.3 is 19.3 Å². The number of aromatic nitrogens is 2. The van der Waals surface area contributed by atoms with E-state index in [1.807, 2.05) is 24.0 Å². The summed E-state index contributed by atoms with van der Waals surface area (Å²) in [6.07, 6.45) is 3.27. The van der Waals surface area contributed by atoms with Gasteiger partial charge in [-0.05, 0) is 30.7 Å². The number of piperidine rings is 1. The highest BCUT2D eigenvalue weighted by atomic mass is 35.5. The van der Waals surface area contributed by atoms with E-state index in [1.54, 1.807) is 27.9 Å². The molecule has 0 aliphatic carbocycles. The molecule has 2 fully saturated rings. The maximum atomic E-state index is 13.3. The van der Waals surface area contributed by atoms with Crippen LogP contribution in [0.2, 0.25) is 10.0 Å². The summed E-state index contributed by atoms with van der Waals surface area (Å²) in [5, 5.41) is 5.37. The number of amides is 2. The molecule has 0 saturated carbocycles. The van der Waals surface area contributed by atoms with Crippen molar-refractivity contribution in [1.82, 2.24) is 19.6 Å². The first-order valence-electron chi connectivity index (χ1n) is 11.7. The third-order valence-electron chi connectivity index (χ3n) is 6.23. The third kappa shape index (κ3) is 6.03. The van der Waals surface area contributed by atoms with Crippen LogP contribution in [0.15, 0.2) is 30.5 Å². The predicted octanol–water partition coefficient (Wildman–Crippen LogP) is 3.76. The summed E-state index contributed by atoms with van der Waals surface area (Å²) in [6, 6.07) is 7.19. The number of hydrogen-bond acceptors (Lipinski definition) is 5. The van der Waals surface area contributed by atoms with Crippen LogP contribution < -0.4 is 4.74 Å². The molecule has 0 N–H and O–H groups in total. The lowest BCUT2D eigenvalue weighted by Gasteiger charge is -2.39. The van der Waals surface area contributed by atoms with Gasteiger partial charge in [0.1, 0.15) is 11.9 Å². The number of carbonyl (C=O) groups is 2. The van der Waals surface area contributed by atoms with Crippen molar-refractivity contribution >= 4 is 35.0 Å². The van der Waals surface area contributed by atoms with E-state index in [0.29, 0.717) is 74.6 Å². The van der Waals surface area contributed by atoms with Crippen LogP contribution in [0.25, 0.3) is 0 Å². The van der Waals surface area contributed by atoms with Crippen molar-refractivity contribution in [2.45, 2.75) is 38.8 Å². The second kappa shape index (κ2) is 11.4.